The molecule has 2 N–H and O–H groups in total. The van der Waals surface area contributed by atoms with Gasteiger partial charge in [0.15, 0.2) is 9.84 Å². The largest absolute Gasteiger partial charge is 0.392 e. The summed E-state index contributed by atoms with van der Waals surface area (Å²) in [7, 11) is -2.88. The molecule has 88 valence electrons. The zero-order valence-electron chi connectivity index (χ0n) is 8.89. The molecule has 3 unspecified atom stereocenters. The van der Waals surface area contributed by atoms with Gasteiger partial charge in [0.05, 0.1) is 17.6 Å². The van der Waals surface area contributed by atoms with Crippen LogP contribution in [-0.4, -0.2) is 67.8 Å². The topological polar surface area (TPSA) is 69.6 Å². The number of hydrogen-bond acceptors (Lipinski definition) is 5. The molecule has 0 amide bonds. The van der Waals surface area contributed by atoms with Crippen LogP contribution in [0, 0.1) is 0 Å². The molecule has 3 atom stereocenters. The molecule has 2 aliphatic heterocycles. The first-order valence-electron chi connectivity index (χ1n) is 5.34. The van der Waals surface area contributed by atoms with Crippen molar-refractivity contribution in [3.8, 4) is 0 Å². The normalized spacial score (nSPS) is 37.5. The van der Waals surface area contributed by atoms with Crippen molar-refractivity contribution >= 4 is 9.84 Å². The summed E-state index contributed by atoms with van der Waals surface area (Å²) >= 11 is 0. The third-order valence-corrected chi connectivity index (χ3v) is 4.81. The minimum Gasteiger partial charge on any atom is -0.392 e. The monoisotopic (exact) mass is 234 g/mol. The van der Waals surface area contributed by atoms with E-state index in [2.05, 4.69) is 10.2 Å². The van der Waals surface area contributed by atoms with Gasteiger partial charge in [-0.3, -0.25) is 4.90 Å². The Morgan fingerprint density at radius 1 is 1.53 bits per heavy atom. The maximum absolute atomic E-state index is 11.5. The summed E-state index contributed by atoms with van der Waals surface area (Å²) in [6, 6.07) is 0.112. The molecule has 2 saturated heterocycles. The van der Waals surface area contributed by atoms with E-state index in [1.54, 1.807) is 6.92 Å². The molecular formula is C9H18N2O3S. The summed E-state index contributed by atoms with van der Waals surface area (Å²) in [6.45, 7) is 3.93. The lowest BCUT2D eigenvalue weighted by Gasteiger charge is -2.37. The number of fused-ring (bicyclic) bond motifs is 1. The van der Waals surface area contributed by atoms with E-state index in [0.29, 0.717) is 6.54 Å². The number of aliphatic hydroxyl groups excluding tert-OH is 1. The van der Waals surface area contributed by atoms with Gasteiger partial charge in [-0.1, -0.05) is 0 Å². The van der Waals surface area contributed by atoms with E-state index in [0.717, 1.165) is 13.1 Å². The Bertz CT molecular complexity index is 328. The highest BCUT2D eigenvalue weighted by Crippen LogP contribution is 2.21. The zero-order chi connectivity index (χ0) is 11.1. The Hall–Kier alpha value is -0.170. The number of aliphatic hydroxyl groups is 1. The number of piperazine rings is 1. The van der Waals surface area contributed by atoms with E-state index in [9.17, 15) is 13.5 Å². The second kappa shape index (κ2) is 4.01. The molecule has 2 heterocycles. The van der Waals surface area contributed by atoms with E-state index < -0.39 is 15.9 Å². The Balaban J connectivity index is 2.08. The van der Waals surface area contributed by atoms with Gasteiger partial charge in [-0.15, -0.1) is 0 Å². The maximum atomic E-state index is 11.5. The van der Waals surface area contributed by atoms with Crippen molar-refractivity contribution in [3.05, 3.63) is 0 Å². The Labute approximate surface area is 90.4 Å². The summed E-state index contributed by atoms with van der Waals surface area (Å²) in [4.78, 5) is 2.09. The van der Waals surface area contributed by atoms with E-state index in [4.69, 9.17) is 0 Å². The number of β-amino-alcohol motifs (C(OH)–C–C–N with tert-alkyl or cyclic N) is 1. The molecule has 0 aromatic carbocycles. The van der Waals surface area contributed by atoms with Crippen LogP contribution < -0.4 is 5.32 Å². The quantitative estimate of drug-likeness (QED) is 0.604. The third kappa shape index (κ3) is 2.50. The van der Waals surface area contributed by atoms with Crippen LogP contribution in [0.5, 0.6) is 0 Å². The van der Waals surface area contributed by atoms with Gasteiger partial charge in [0.1, 0.15) is 0 Å². The first kappa shape index (κ1) is 11.3. The predicted octanol–water partition coefficient (Wildman–Crippen LogP) is -1.56. The van der Waals surface area contributed by atoms with Crippen molar-refractivity contribution in [2.24, 2.45) is 0 Å². The van der Waals surface area contributed by atoms with Crippen molar-refractivity contribution in [3.63, 3.8) is 0 Å². The van der Waals surface area contributed by atoms with Gasteiger partial charge < -0.3 is 10.4 Å². The summed E-state index contributed by atoms with van der Waals surface area (Å²) in [6.07, 6.45) is -0.396. The molecule has 0 radical (unpaired) electrons. The lowest BCUT2D eigenvalue weighted by atomic mass is 10.1. The van der Waals surface area contributed by atoms with Crippen molar-refractivity contribution in [2.75, 3.05) is 31.1 Å². The first-order valence-corrected chi connectivity index (χ1v) is 7.16. The number of rotatable bonds is 2. The first-order chi connectivity index (χ1) is 6.98. The summed E-state index contributed by atoms with van der Waals surface area (Å²) in [5, 5.41) is 12.6. The second-order valence-electron chi connectivity index (χ2n) is 4.55. The molecule has 15 heavy (non-hydrogen) atoms. The van der Waals surface area contributed by atoms with Gasteiger partial charge >= 0.3 is 0 Å². The van der Waals surface area contributed by atoms with Crippen molar-refractivity contribution in [2.45, 2.75) is 25.1 Å². The van der Waals surface area contributed by atoms with Crippen LogP contribution in [0.3, 0.4) is 0 Å². The minimum absolute atomic E-state index is 0.0540. The van der Waals surface area contributed by atoms with Crippen molar-refractivity contribution in [1.29, 1.82) is 0 Å². The minimum atomic E-state index is -2.88. The standard InChI is InChI=1S/C9H18N2O3S/c1-7(12)4-11-3-2-10-8-5-15(13,14)6-9(8)11/h7-10,12H,2-6H2,1H3. The van der Waals surface area contributed by atoms with Crippen LogP contribution in [0.2, 0.25) is 0 Å². The maximum Gasteiger partial charge on any atom is 0.153 e. The number of hydrogen-bond donors (Lipinski definition) is 2. The molecule has 0 aliphatic carbocycles. The second-order valence-corrected chi connectivity index (χ2v) is 6.70. The smallest absolute Gasteiger partial charge is 0.153 e. The molecule has 0 aromatic heterocycles. The summed E-state index contributed by atoms with van der Waals surface area (Å²) < 4.78 is 23.0. The SMILES string of the molecule is CC(O)CN1CCNC2CS(=O)(=O)CC21. The van der Waals surface area contributed by atoms with Gasteiger partial charge in [-0.05, 0) is 6.92 Å². The van der Waals surface area contributed by atoms with E-state index >= 15 is 0 Å². The van der Waals surface area contributed by atoms with E-state index in [1.165, 1.54) is 0 Å². The lowest BCUT2D eigenvalue weighted by Crippen LogP contribution is -2.58. The average Bonchev–Trinajstić information content (AvgIpc) is 2.39. The number of nitrogens with one attached hydrogen (secondary N) is 1. The van der Waals surface area contributed by atoms with E-state index in [-0.39, 0.29) is 23.6 Å². The van der Waals surface area contributed by atoms with Crippen molar-refractivity contribution in [1.82, 2.24) is 10.2 Å². The fourth-order valence-electron chi connectivity index (χ4n) is 2.51. The number of nitrogens with zero attached hydrogens (tertiary/aromatic N) is 1. The fourth-order valence-corrected chi connectivity index (χ4v) is 4.50. The molecule has 0 aromatic rings. The molecule has 6 heteroatoms. The molecule has 0 bridgehead atoms. The van der Waals surface area contributed by atoms with E-state index in [1.807, 2.05) is 0 Å². The predicted molar refractivity (Wildman–Crippen MR) is 57.5 cm³/mol. The Kier molecular flexibility index (Phi) is 3.03. The molecule has 2 fully saturated rings. The van der Waals surface area contributed by atoms with Crippen LogP contribution in [0.4, 0.5) is 0 Å². The summed E-state index contributed by atoms with van der Waals surface area (Å²) in [5.74, 6) is 0.478. The van der Waals surface area contributed by atoms with Crippen molar-refractivity contribution < 1.29 is 13.5 Å². The van der Waals surface area contributed by atoms with Gasteiger partial charge in [0.2, 0.25) is 0 Å². The van der Waals surface area contributed by atoms with Crippen LogP contribution in [0.15, 0.2) is 0 Å². The Morgan fingerprint density at radius 3 is 2.93 bits per heavy atom. The van der Waals surface area contributed by atoms with Crippen LogP contribution in [0.25, 0.3) is 0 Å². The van der Waals surface area contributed by atoms with Gasteiger partial charge in [-0.25, -0.2) is 8.42 Å². The molecular weight excluding hydrogens is 216 g/mol. The lowest BCUT2D eigenvalue weighted by molar-refractivity contribution is 0.0788. The fraction of sp³-hybridized carbons (Fsp3) is 1.00. The average molecular weight is 234 g/mol. The zero-order valence-corrected chi connectivity index (χ0v) is 9.70. The molecule has 5 nitrogen and oxygen atoms in total. The van der Waals surface area contributed by atoms with Crippen LogP contribution in [-0.2, 0) is 9.84 Å². The summed E-state index contributed by atoms with van der Waals surface area (Å²) in [5.41, 5.74) is 0. The highest BCUT2D eigenvalue weighted by Gasteiger charge is 2.42. The van der Waals surface area contributed by atoms with Gasteiger partial charge in [0, 0.05) is 31.7 Å². The highest BCUT2D eigenvalue weighted by atomic mass is 32.2. The molecule has 2 aliphatic rings. The molecule has 2 rings (SSSR count). The molecule has 0 saturated carbocycles. The molecule has 0 spiro atoms. The number of sulfone groups is 1. The van der Waals surface area contributed by atoms with Gasteiger partial charge in [-0.2, -0.15) is 0 Å². The van der Waals surface area contributed by atoms with Crippen LogP contribution >= 0.6 is 0 Å². The third-order valence-electron chi connectivity index (χ3n) is 3.10. The highest BCUT2D eigenvalue weighted by molar-refractivity contribution is 7.91. The van der Waals surface area contributed by atoms with Crippen LogP contribution in [0.1, 0.15) is 6.92 Å². The Morgan fingerprint density at radius 2 is 2.27 bits per heavy atom. The van der Waals surface area contributed by atoms with Gasteiger partial charge in [0.25, 0.3) is 0 Å².